The summed E-state index contributed by atoms with van der Waals surface area (Å²) in [6.07, 6.45) is 6.54. The molecule has 0 spiro atoms. The quantitative estimate of drug-likeness (QED) is 0.802. The summed E-state index contributed by atoms with van der Waals surface area (Å²) in [5.74, 6) is 0.150. The van der Waals surface area contributed by atoms with Gasteiger partial charge in [-0.15, -0.1) is 0 Å². The number of nitrogens with two attached hydrogens (primary N) is 1. The second-order valence-electron chi connectivity index (χ2n) is 5.24. The minimum atomic E-state index is -0.222. The molecule has 2 heterocycles. The van der Waals surface area contributed by atoms with Crippen molar-refractivity contribution in [2.24, 2.45) is 5.73 Å². The molecule has 0 aromatic carbocycles. The molecule has 1 amide bonds. The predicted octanol–water partition coefficient (Wildman–Crippen LogP) is 1.57. The molecule has 2 aliphatic rings. The third-order valence-electron chi connectivity index (χ3n) is 4.18. The van der Waals surface area contributed by atoms with Crippen molar-refractivity contribution in [3.05, 3.63) is 0 Å². The molecule has 2 fully saturated rings. The average molecular weight is 302 g/mol. The van der Waals surface area contributed by atoms with Gasteiger partial charge in [-0.1, -0.05) is 12.2 Å². The Labute approximate surface area is 124 Å². The smallest absolute Gasteiger partial charge is 0.251 e. The highest BCUT2D eigenvalue weighted by Crippen LogP contribution is 2.35. The van der Waals surface area contributed by atoms with Gasteiger partial charge in [-0.2, -0.15) is 11.8 Å². The molecule has 2 N–H and O–H groups in total. The lowest BCUT2D eigenvalue weighted by molar-refractivity contribution is -0.147. The first-order valence-electron chi connectivity index (χ1n) is 6.84. The number of amides is 1. The lowest BCUT2D eigenvalue weighted by atomic mass is 9.95. The fourth-order valence-corrected chi connectivity index (χ4v) is 4.02. The molecule has 19 heavy (non-hydrogen) atoms. The minimum absolute atomic E-state index is 0.125. The lowest BCUT2D eigenvalue weighted by Gasteiger charge is -2.41. The lowest BCUT2D eigenvalue weighted by Crippen LogP contribution is -2.53. The molecule has 0 radical (unpaired) electrons. The molecule has 1 atom stereocenters. The average Bonchev–Trinajstić information content (AvgIpc) is 2.47. The van der Waals surface area contributed by atoms with Gasteiger partial charge in [0.2, 0.25) is 0 Å². The third kappa shape index (κ3) is 3.23. The van der Waals surface area contributed by atoms with Crippen molar-refractivity contribution >= 4 is 34.9 Å². The van der Waals surface area contributed by atoms with E-state index in [1.807, 2.05) is 11.2 Å². The van der Waals surface area contributed by atoms with Crippen LogP contribution in [0.25, 0.3) is 0 Å². The topological polar surface area (TPSA) is 55.6 Å². The standard InChI is InChI=1S/C13H22N2O2S2/c1-19-13(12(14)18)5-7-15(8-6-13)11(16)10-4-2-3-9-17-10/h10H,2-9H2,1H3,(H2,14,18). The first kappa shape index (κ1) is 15.1. The molecule has 1 unspecified atom stereocenters. The number of hydrogen-bond acceptors (Lipinski definition) is 4. The third-order valence-corrected chi connectivity index (χ3v) is 6.11. The van der Waals surface area contributed by atoms with Gasteiger partial charge in [0, 0.05) is 19.7 Å². The maximum absolute atomic E-state index is 12.4. The van der Waals surface area contributed by atoms with Gasteiger partial charge in [0.05, 0.1) is 9.74 Å². The number of likely N-dealkylation sites (tertiary alicyclic amines) is 1. The summed E-state index contributed by atoms with van der Waals surface area (Å²) in [7, 11) is 0. The minimum Gasteiger partial charge on any atom is -0.392 e. The largest absolute Gasteiger partial charge is 0.392 e. The van der Waals surface area contributed by atoms with E-state index in [9.17, 15) is 4.79 Å². The van der Waals surface area contributed by atoms with Crippen LogP contribution in [0.1, 0.15) is 32.1 Å². The summed E-state index contributed by atoms with van der Waals surface area (Å²) in [6, 6.07) is 0. The van der Waals surface area contributed by atoms with Crippen molar-refractivity contribution in [2.75, 3.05) is 26.0 Å². The summed E-state index contributed by atoms with van der Waals surface area (Å²) in [4.78, 5) is 14.8. The Balaban J connectivity index is 1.92. The molecular formula is C13H22N2O2S2. The van der Waals surface area contributed by atoms with Crippen molar-refractivity contribution in [3.8, 4) is 0 Å². The molecule has 2 rings (SSSR count). The molecule has 0 aromatic heterocycles. The Bertz CT molecular complexity index is 349. The number of piperidine rings is 1. The number of thioether (sulfide) groups is 1. The van der Waals surface area contributed by atoms with Crippen molar-refractivity contribution in [2.45, 2.75) is 43.0 Å². The van der Waals surface area contributed by atoms with Crippen LogP contribution in [0.5, 0.6) is 0 Å². The Morgan fingerprint density at radius 1 is 1.42 bits per heavy atom. The van der Waals surface area contributed by atoms with Crippen LogP contribution in [-0.2, 0) is 9.53 Å². The van der Waals surface area contributed by atoms with E-state index >= 15 is 0 Å². The molecule has 6 heteroatoms. The van der Waals surface area contributed by atoms with E-state index in [2.05, 4.69) is 0 Å². The fourth-order valence-electron chi connectivity index (χ4n) is 2.78. The predicted molar refractivity (Wildman–Crippen MR) is 82.4 cm³/mol. The van der Waals surface area contributed by atoms with Gasteiger partial charge < -0.3 is 15.4 Å². The number of ether oxygens (including phenoxy) is 1. The Morgan fingerprint density at radius 3 is 2.58 bits per heavy atom. The van der Waals surface area contributed by atoms with Crippen molar-refractivity contribution < 1.29 is 9.53 Å². The molecule has 0 bridgehead atoms. The van der Waals surface area contributed by atoms with E-state index in [-0.39, 0.29) is 16.8 Å². The number of hydrogen-bond donors (Lipinski definition) is 1. The summed E-state index contributed by atoms with van der Waals surface area (Å²) in [5.41, 5.74) is 5.86. The number of nitrogens with zero attached hydrogens (tertiary/aromatic N) is 1. The van der Waals surface area contributed by atoms with Gasteiger partial charge in [0.25, 0.3) is 5.91 Å². The Hall–Kier alpha value is -0.330. The molecule has 108 valence electrons. The molecule has 2 saturated heterocycles. The van der Waals surface area contributed by atoms with Gasteiger partial charge in [-0.25, -0.2) is 0 Å². The van der Waals surface area contributed by atoms with E-state index < -0.39 is 0 Å². The number of carbonyl (C=O) groups is 1. The summed E-state index contributed by atoms with van der Waals surface area (Å²) in [5, 5.41) is 0. The zero-order valence-electron chi connectivity index (χ0n) is 11.4. The maximum Gasteiger partial charge on any atom is 0.251 e. The molecule has 2 aliphatic heterocycles. The van der Waals surface area contributed by atoms with Crippen molar-refractivity contribution in [1.82, 2.24) is 4.90 Å². The highest BCUT2D eigenvalue weighted by atomic mass is 32.2. The highest BCUT2D eigenvalue weighted by molar-refractivity contribution is 8.02. The van der Waals surface area contributed by atoms with E-state index in [1.165, 1.54) is 0 Å². The second kappa shape index (κ2) is 6.41. The van der Waals surface area contributed by atoms with Gasteiger partial charge in [0.15, 0.2) is 0 Å². The Morgan fingerprint density at radius 2 is 2.11 bits per heavy atom. The molecule has 0 saturated carbocycles. The normalized spacial score (nSPS) is 27.0. The second-order valence-corrected chi connectivity index (χ2v) is 6.87. The van der Waals surface area contributed by atoms with E-state index in [0.717, 1.165) is 45.2 Å². The fraction of sp³-hybridized carbons (Fsp3) is 0.846. The van der Waals surface area contributed by atoms with Crippen LogP contribution in [0.4, 0.5) is 0 Å². The Kier molecular flexibility index (Phi) is 5.09. The molecule has 0 aliphatic carbocycles. The monoisotopic (exact) mass is 302 g/mol. The number of thiocarbonyl (C=S) groups is 1. The van der Waals surface area contributed by atoms with Crippen molar-refractivity contribution in [3.63, 3.8) is 0 Å². The summed E-state index contributed by atoms with van der Waals surface area (Å²) >= 11 is 6.90. The molecular weight excluding hydrogens is 280 g/mol. The van der Waals surface area contributed by atoms with Crippen molar-refractivity contribution in [1.29, 1.82) is 0 Å². The zero-order chi connectivity index (χ0) is 13.9. The van der Waals surface area contributed by atoms with Crippen LogP contribution in [0.15, 0.2) is 0 Å². The van der Waals surface area contributed by atoms with Crippen LogP contribution in [0, 0.1) is 0 Å². The first-order valence-corrected chi connectivity index (χ1v) is 8.48. The van der Waals surface area contributed by atoms with E-state index in [4.69, 9.17) is 22.7 Å². The van der Waals surface area contributed by atoms with Gasteiger partial charge in [-0.3, -0.25) is 4.79 Å². The summed E-state index contributed by atoms with van der Waals surface area (Å²) < 4.78 is 5.45. The zero-order valence-corrected chi connectivity index (χ0v) is 13.0. The highest BCUT2D eigenvalue weighted by Gasteiger charge is 2.39. The van der Waals surface area contributed by atoms with Crippen LogP contribution >= 0.6 is 24.0 Å². The first-order chi connectivity index (χ1) is 9.09. The van der Waals surface area contributed by atoms with Crippen LogP contribution < -0.4 is 5.73 Å². The number of rotatable bonds is 3. The molecule has 4 nitrogen and oxygen atoms in total. The van der Waals surface area contributed by atoms with Gasteiger partial charge in [-0.05, 0) is 38.4 Å². The van der Waals surface area contributed by atoms with Gasteiger partial charge in [0.1, 0.15) is 6.10 Å². The van der Waals surface area contributed by atoms with Crippen LogP contribution in [0.3, 0.4) is 0 Å². The van der Waals surface area contributed by atoms with Gasteiger partial charge >= 0.3 is 0 Å². The van der Waals surface area contributed by atoms with Crippen LogP contribution in [0.2, 0.25) is 0 Å². The van der Waals surface area contributed by atoms with E-state index in [1.54, 1.807) is 11.8 Å². The van der Waals surface area contributed by atoms with E-state index in [0.29, 0.717) is 11.6 Å². The van der Waals surface area contributed by atoms with Crippen LogP contribution in [-0.4, -0.2) is 52.6 Å². The SMILES string of the molecule is CSC1(C(N)=S)CCN(C(=O)C2CCCCO2)CC1. The number of carbonyl (C=O) groups excluding carboxylic acids is 1. The maximum atomic E-state index is 12.4. The summed E-state index contributed by atoms with van der Waals surface area (Å²) in [6.45, 7) is 2.18. The molecule has 0 aromatic rings.